The van der Waals surface area contributed by atoms with Gasteiger partial charge in [0, 0.05) is 19.4 Å². The summed E-state index contributed by atoms with van der Waals surface area (Å²) in [5, 5.41) is 0. The van der Waals surface area contributed by atoms with Gasteiger partial charge >= 0.3 is 5.69 Å². The molecular formula is C7H6N4O. The van der Waals surface area contributed by atoms with Gasteiger partial charge in [-0.1, -0.05) is 0 Å². The first kappa shape index (κ1) is 6.90. The number of rotatable bonds is 0. The molecule has 60 valence electrons. The summed E-state index contributed by atoms with van der Waals surface area (Å²) in [5.74, 6) is 0. The first-order chi connectivity index (χ1) is 5.79. The molecule has 2 rings (SSSR count). The van der Waals surface area contributed by atoms with Gasteiger partial charge in [-0.25, -0.2) is 14.8 Å². The second kappa shape index (κ2) is 2.37. The molecule has 0 aliphatic carbocycles. The molecule has 0 spiro atoms. The fourth-order valence-electron chi connectivity index (χ4n) is 0.984. The Morgan fingerprint density at radius 3 is 2.83 bits per heavy atom. The highest BCUT2D eigenvalue weighted by molar-refractivity contribution is 5.67. The molecule has 0 saturated carbocycles. The number of nitrogens with zero attached hydrogens (tertiary/aromatic N) is 4. The molecule has 12 heavy (non-hydrogen) atoms. The van der Waals surface area contributed by atoms with E-state index in [1.165, 1.54) is 10.8 Å². The van der Waals surface area contributed by atoms with Gasteiger partial charge in [-0.3, -0.25) is 4.57 Å². The van der Waals surface area contributed by atoms with Crippen molar-refractivity contribution in [1.29, 1.82) is 0 Å². The van der Waals surface area contributed by atoms with Gasteiger partial charge in [0.1, 0.15) is 5.52 Å². The van der Waals surface area contributed by atoms with Gasteiger partial charge in [-0.15, -0.1) is 0 Å². The molecule has 2 aromatic heterocycles. The molecule has 0 radical (unpaired) electrons. The number of aromatic nitrogens is 4. The molecule has 0 atom stereocenters. The van der Waals surface area contributed by atoms with Crippen molar-refractivity contribution in [2.24, 2.45) is 7.05 Å². The van der Waals surface area contributed by atoms with Crippen LogP contribution in [0.25, 0.3) is 11.2 Å². The molecule has 0 N–H and O–H groups in total. The molecule has 5 nitrogen and oxygen atoms in total. The van der Waals surface area contributed by atoms with Gasteiger partial charge in [-0.2, -0.15) is 4.98 Å². The Balaban J connectivity index is 3.01. The minimum Gasteiger partial charge on any atom is -0.278 e. The van der Waals surface area contributed by atoms with E-state index in [0.717, 1.165) is 0 Å². The van der Waals surface area contributed by atoms with Gasteiger partial charge in [0.05, 0.1) is 6.20 Å². The average Bonchev–Trinajstić information content (AvgIpc) is 2.12. The summed E-state index contributed by atoms with van der Waals surface area (Å²) in [4.78, 5) is 22.6. The minimum atomic E-state index is -0.317. The van der Waals surface area contributed by atoms with Crippen molar-refractivity contribution in [2.75, 3.05) is 0 Å². The molecule has 0 unspecified atom stereocenters. The molecule has 2 heterocycles. The van der Waals surface area contributed by atoms with Crippen molar-refractivity contribution in [2.45, 2.75) is 0 Å². The van der Waals surface area contributed by atoms with Crippen molar-refractivity contribution in [3.8, 4) is 0 Å². The smallest absolute Gasteiger partial charge is 0.278 e. The number of hydrogen-bond donors (Lipinski definition) is 0. The Labute approximate surface area is 67.7 Å². The van der Waals surface area contributed by atoms with E-state index in [4.69, 9.17) is 0 Å². The summed E-state index contributed by atoms with van der Waals surface area (Å²) < 4.78 is 1.36. The van der Waals surface area contributed by atoms with Crippen LogP contribution in [-0.4, -0.2) is 19.5 Å². The number of fused-ring (bicyclic) bond motifs is 1. The maximum atomic E-state index is 11.0. The van der Waals surface area contributed by atoms with Crippen LogP contribution in [0.4, 0.5) is 0 Å². The van der Waals surface area contributed by atoms with E-state index in [9.17, 15) is 4.79 Å². The molecule has 0 aliphatic rings. The topological polar surface area (TPSA) is 60.7 Å². The molecule has 0 amide bonds. The second-order valence-corrected chi connectivity index (χ2v) is 2.36. The average molecular weight is 162 g/mol. The molecule has 0 aromatic carbocycles. The number of hydrogen-bond acceptors (Lipinski definition) is 4. The van der Waals surface area contributed by atoms with Crippen molar-refractivity contribution in [1.82, 2.24) is 19.5 Å². The SMILES string of the molecule is Cn1c(=O)ncc2nccnc21. The van der Waals surface area contributed by atoms with Gasteiger partial charge in [-0.05, 0) is 0 Å². The largest absolute Gasteiger partial charge is 0.349 e. The number of aryl methyl sites for hydroxylation is 1. The zero-order chi connectivity index (χ0) is 8.55. The normalized spacial score (nSPS) is 10.4. The standard InChI is InChI=1S/C7H6N4O/c1-11-6-5(4-10-7(11)12)8-2-3-9-6/h2-4H,1H3. The summed E-state index contributed by atoms with van der Waals surface area (Å²) in [7, 11) is 1.62. The van der Waals surface area contributed by atoms with Gasteiger partial charge in [0.15, 0.2) is 5.65 Å². The van der Waals surface area contributed by atoms with Gasteiger partial charge in [0.25, 0.3) is 0 Å². The molecule has 5 heteroatoms. The van der Waals surface area contributed by atoms with Crippen LogP contribution in [0.15, 0.2) is 23.4 Å². The lowest BCUT2D eigenvalue weighted by Gasteiger charge is -1.98. The zero-order valence-corrected chi connectivity index (χ0v) is 6.43. The van der Waals surface area contributed by atoms with Crippen molar-refractivity contribution in [3.63, 3.8) is 0 Å². The summed E-state index contributed by atoms with van der Waals surface area (Å²) in [5.41, 5.74) is 0.861. The predicted octanol–water partition coefficient (Wildman–Crippen LogP) is -0.277. The molecule has 2 aromatic rings. The fourth-order valence-corrected chi connectivity index (χ4v) is 0.984. The summed E-state index contributed by atoms with van der Waals surface area (Å²) in [6, 6.07) is 0. The molecular weight excluding hydrogens is 156 g/mol. The third-order valence-corrected chi connectivity index (χ3v) is 1.61. The van der Waals surface area contributed by atoms with Crippen molar-refractivity contribution < 1.29 is 0 Å². The monoisotopic (exact) mass is 162 g/mol. The van der Waals surface area contributed by atoms with E-state index < -0.39 is 0 Å². The Morgan fingerprint density at radius 1 is 1.25 bits per heavy atom. The lowest BCUT2D eigenvalue weighted by molar-refractivity contribution is 0.834. The van der Waals surface area contributed by atoms with Crippen LogP contribution in [0.3, 0.4) is 0 Å². The highest BCUT2D eigenvalue weighted by Crippen LogP contribution is 1.99. The maximum Gasteiger partial charge on any atom is 0.349 e. The lowest BCUT2D eigenvalue weighted by Crippen LogP contribution is -2.20. The van der Waals surface area contributed by atoms with Crippen LogP contribution < -0.4 is 5.69 Å². The van der Waals surface area contributed by atoms with Crippen LogP contribution in [0.1, 0.15) is 0 Å². The van der Waals surface area contributed by atoms with E-state index in [1.54, 1.807) is 19.4 Å². The zero-order valence-electron chi connectivity index (χ0n) is 6.43. The highest BCUT2D eigenvalue weighted by Gasteiger charge is 1.99. The first-order valence-corrected chi connectivity index (χ1v) is 3.42. The van der Waals surface area contributed by atoms with E-state index >= 15 is 0 Å². The van der Waals surface area contributed by atoms with Crippen LogP contribution >= 0.6 is 0 Å². The third-order valence-electron chi connectivity index (χ3n) is 1.61. The van der Waals surface area contributed by atoms with E-state index in [0.29, 0.717) is 11.2 Å². The highest BCUT2D eigenvalue weighted by atomic mass is 16.1. The van der Waals surface area contributed by atoms with Gasteiger partial charge < -0.3 is 0 Å². The Hall–Kier alpha value is -1.78. The summed E-state index contributed by atoms with van der Waals surface area (Å²) in [6.07, 6.45) is 4.53. The molecule has 0 aliphatic heterocycles. The molecule has 0 bridgehead atoms. The van der Waals surface area contributed by atoms with E-state index in [1.807, 2.05) is 0 Å². The van der Waals surface area contributed by atoms with Gasteiger partial charge in [0.2, 0.25) is 0 Å². The lowest BCUT2D eigenvalue weighted by atomic mass is 10.5. The van der Waals surface area contributed by atoms with Crippen LogP contribution in [0.2, 0.25) is 0 Å². The fraction of sp³-hybridized carbons (Fsp3) is 0.143. The Kier molecular flexibility index (Phi) is 1.36. The summed E-state index contributed by atoms with van der Waals surface area (Å²) >= 11 is 0. The molecule has 0 saturated heterocycles. The first-order valence-electron chi connectivity index (χ1n) is 3.42. The predicted molar refractivity (Wildman–Crippen MR) is 42.6 cm³/mol. The van der Waals surface area contributed by atoms with Crippen molar-refractivity contribution >= 4 is 11.2 Å². The van der Waals surface area contributed by atoms with Crippen molar-refractivity contribution in [3.05, 3.63) is 29.1 Å². The molecule has 0 fully saturated rings. The summed E-state index contributed by atoms with van der Waals surface area (Å²) in [6.45, 7) is 0. The second-order valence-electron chi connectivity index (χ2n) is 2.36. The quantitative estimate of drug-likeness (QED) is 0.534. The Bertz CT molecular complexity index is 476. The minimum absolute atomic E-state index is 0.317. The van der Waals surface area contributed by atoms with Crippen LogP contribution in [0, 0.1) is 0 Å². The third kappa shape index (κ3) is 0.868. The maximum absolute atomic E-state index is 11.0. The van der Waals surface area contributed by atoms with E-state index in [-0.39, 0.29) is 5.69 Å². The van der Waals surface area contributed by atoms with Crippen LogP contribution in [-0.2, 0) is 7.05 Å². The van der Waals surface area contributed by atoms with E-state index in [2.05, 4.69) is 15.0 Å². The Morgan fingerprint density at radius 2 is 2.00 bits per heavy atom. The van der Waals surface area contributed by atoms with Crippen LogP contribution in [0.5, 0.6) is 0 Å².